The summed E-state index contributed by atoms with van der Waals surface area (Å²) in [6.45, 7) is 12.9. The lowest BCUT2D eigenvalue weighted by Gasteiger charge is -2.40. The molecule has 4 nitrogen and oxygen atoms in total. The molecule has 0 fully saturated rings. The van der Waals surface area contributed by atoms with Gasteiger partial charge in [0, 0.05) is 0 Å². The smallest absolute Gasteiger partial charge is 0.325 e. The van der Waals surface area contributed by atoms with Crippen LogP contribution in [0.1, 0.15) is 41.5 Å². The fraction of sp³-hybridized carbons (Fsp3) is 0.923. The van der Waals surface area contributed by atoms with Crippen molar-refractivity contribution in [1.82, 2.24) is 0 Å². The van der Waals surface area contributed by atoms with Gasteiger partial charge in [0.15, 0.2) is 0 Å². The van der Waals surface area contributed by atoms with Crippen molar-refractivity contribution in [2.45, 2.75) is 53.7 Å². The second-order valence-corrected chi connectivity index (χ2v) is 6.58. The van der Waals surface area contributed by atoms with Gasteiger partial charge >= 0.3 is 5.97 Å². The summed E-state index contributed by atoms with van der Waals surface area (Å²) in [6.07, 6.45) is 0.0192. The Kier molecular flexibility index (Phi) is 5.62. The molecule has 0 spiro atoms. The van der Waals surface area contributed by atoms with Crippen LogP contribution in [0.25, 0.3) is 0 Å². The van der Waals surface area contributed by atoms with Crippen molar-refractivity contribution in [3.05, 3.63) is 0 Å². The highest BCUT2D eigenvalue weighted by molar-refractivity contribution is 5.75. The minimum atomic E-state index is -0.716. The van der Waals surface area contributed by atoms with E-state index in [4.69, 9.17) is 10.5 Å². The number of carbonyl (C=O) groups excluding carboxylic acids is 1. The average Bonchev–Trinajstić information content (AvgIpc) is 2.12. The molecular weight excluding hydrogens is 218 g/mol. The Labute approximate surface area is 105 Å². The van der Waals surface area contributed by atoms with Gasteiger partial charge in [-0.3, -0.25) is 4.79 Å². The van der Waals surface area contributed by atoms with Gasteiger partial charge in [0.25, 0.3) is 0 Å². The van der Waals surface area contributed by atoms with Crippen molar-refractivity contribution in [3.8, 4) is 0 Å². The van der Waals surface area contributed by atoms with Crippen LogP contribution in [-0.2, 0) is 14.3 Å². The second-order valence-electron chi connectivity index (χ2n) is 6.58. The SMILES string of the molecule is COC(=O)[C@@H](N)COC(C(C)(C)C)C(C)(C)C. The van der Waals surface area contributed by atoms with E-state index in [0.29, 0.717) is 0 Å². The third-order valence-corrected chi connectivity index (χ3v) is 2.52. The lowest BCUT2D eigenvalue weighted by molar-refractivity contribution is -0.147. The Hall–Kier alpha value is -0.610. The van der Waals surface area contributed by atoms with E-state index < -0.39 is 12.0 Å². The van der Waals surface area contributed by atoms with Crippen LogP contribution in [0.5, 0.6) is 0 Å². The van der Waals surface area contributed by atoms with Gasteiger partial charge in [-0.2, -0.15) is 0 Å². The van der Waals surface area contributed by atoms with Gasteiger partial charge in [0.1, 0.15) is 6.04 Å². The lowest BCUT2D eigenvalue weighted by Crippen LogP contribution is -2.45. The Morgan fingerprint density at radius 1 is 1.12 bits per heavy atom. The summed E-state index contributed by atoms with van der Waals surface area (Å²) in [7, 11) is 1.33. The zero-order valence-electron chi connectivity index (χ0n) is 12.2. The molecule has 0 aromatic carbocycles. The molecule has 0 aliphatic carbocycles. The van der Waals surface area contributed by atoms with Gasteiger partial charge in [0.2, 0.25) is 0 Å². The van der Waals surface area contributed by atoms with Gasteiger partial charge in [-0.25, -0.2) is 0 Å². The quantitative estimate of drug-likeness (QED) is 0.769. The highest BCUT2D eigenvalue weighted by atomic mass is 16.5. The Morgan fingerprint density at radius 2 is 1.53 bits per heavy atom. The first-order valence-corrected chi connectivity index (χ1v) is 5.95. The molecule has 0 radical (unpaired) electrons. The van der Waals surface area contributed by atoms with E-state index in [1.807, 2.05) is 0 Å². The summed E-state index contributed by atoms with van der Waals surface area (Å²) < 4.78 is 10.4. The average molecular weight is 245 g/mol. The topological polar surface area (TPSA) is 61.5 Å². The minimum Gasteiger partial charge on any atom is -0.468 e. The Morgan fingerprint density at radius 3 is 1.82 bits per heavy atom. The third kappa shape index (κ3) is 5.50. The number of nitrogens with two attached hydrogens (primary N) is 1. The number of ether oxygens (including phenoxy) is 2. The van der Waals surface area contributed by atoms with E-state index in [2.05, 4.69) is 46.3 Å². The molecule has 102 valence electrons. The zero-order valence-corrected chi connectivity index (χ0v) is 12.2. The van der Waals surface area contributed by atoms with E-state index in [0.717, 1.165) is 0 Å². The summed E-state index contributed by atoms with van der Waals surface area (Å²) in [6, 6.07) is -0.716. The fourth-order valence-corrected chi connectivity index (χ4v) is 2.22. The molecule has 0 aromatic rings. The number of rotatable bonds is 4. The molecule has 0 amide bonds. The number of methoxy groups -OCH3 is 1. The van der Waals surface area contributed by atoms with Gasteiger partial charge in [0.05, 0.1) is 19.8 Å². The van der Waals surface area contributed by atoms with Crippen molar-refractivity contribution in [1.29, 1.82) is 0 Å². The van der Waals surface area contributed by atoms with Crippen molar-refractivity contribution in [3.63, 3.8) is 0 Å². The molecule has 1 atom stereocenters. The zero-order chi connectivity index (χ0) is 13.9. The van der Waals surface area contributed by atoms with Crippen LogP contribution in [0.15, 0.2) is 0 Å². The van der Waals surface area contributed by atoms with Gasteiger partial charge in [-0.05, 0) is 10.8 Å². The largest absolute Gasteiger partial charge is 0.468 e. The van der Waals surface area contributed by atoms with Gasteiger partial charge < -0.3 is 15.2 Å². The van der Waals surface area contributed by atoms with Crippen molar-refractivity contribution in [2.24, 2.45) is 16.6 Å². The summed E-state index contributed by atoms with van der Waals surface area (Å²) >= 11 is 0. The monoisotopic (exact) mass is 245 g/mol. The Bertz CT molecular complexity index is 236. The molecular formula is C13H27NO3. The molecule has 0 aromatic heterocycles. The maximum Gasteiger partial charge on any atom is 0.325 e. The molecule has 0 saturated heterocycles. The van der Waals surface area contributed by atoms with Gasteiger partial charge in [-0.1, -0.05) is 41.5 Å². The van der Waals surface area contributed by atoms with Gasteiger partial charge in [-0.15, -0.1) is 0 Å². The van der Waals surface area contributed by atoms with E-state index in [1.165, 1.54) is 7.11 Å². The lowest BCUT2D eigenvalue weighted by atomic mass is 9.74. The molecule has 0 heterocycles. The standard InChI is InChI=1S/C13H27NO3/c1-12(2,3)11(13(4,5)6)17-8-9(14)10(15)16-7/h9,11H,8,14H2,1-7H3/t9-/m0/s1. The van der Waals surface area contributed by atoms with E-state index in [9.17, 15) is 4.79 Å². The summed E-state index contributed by atoms with van der Waals surface area (Å²) in [5.74, 6) is -0.438. The first-order valence-electron chi connectivity index (χ1n) is 5.95. The molecule has 4 heteroatoms. The van der Waals surface area contributed by atoms with Crippen LogP contribution in [0.4, 0.5) is 0 Å². The van der Waals surface area contributed by atoms with Crippen LogP contribution in [0.2, 0.25) is 0 Å². The highest BCUT2D eigenvalue weighted by Crippen LogP contribution is 2.35. The Balaban J connectivity index is 4.54. The molecule has 0 aliphatic rings. The van der Waals surface area contributed by atoms with E-state index >= 15 is 0 Å². The molecule has 0 unspecified atom stereocenters. The van der Waals surface area contributed by atoms with Crippen LogP contribution >= 0.6 is 0 Å². The summed E-state index contributed by atoms with van der Waals surface area (Å²) in [5, 5.41) is 0. The molecule has 0 rings (SSSR count). The van der Waals surface area contributed by atoms with Crippen molar-refractivity contribution >= 4 is 5.97 Å². The molecule has 0 bridgehead atoms. The maximum absolute atomic E-state index is 11.2. The van der Waals surface area contributed by atoms with Crippen LogP contribution < -0.4 is 5.73 Å². The molecule has 0 saturated carbocycles. The van der Waals surface area contributed by atoms with Crippen molar-refractivity contribution < 1.29 is 14.3 Å². The summed E-state index contributed by atoms with van der Waals surface area (Å²) in [5.41, 5.74) is 5.65. The molecule has 2 N–H and O–H groups in total. The predicted molar refractivity (Wildman–Crippen MR) is 68.6 cm³/mol. The highest BCUT2D eigenvalue weighted by Gasteiger charge is 2.36. The number of esters is 1. The number of carbonyl (C=O) groups is 1. The predicted octanol–water partition coefficient (Wildman–Crippen LogP) is 1.96. The van der Waals surface area contributed by atoms with Crippen LogP contribution in [0, 0.1) is 10.8 Å². The van der Waals surface area contributed by atoms with E-state index in [-0.39, 0.29) is 23.5 Å². The third-order valence-electron chi connectivity index (χ3n) is 2.52. The fourth-order valence-electron chi connectivity index (χ4n) is 2.22. The molecule has 0 aliphatic heterocycles. The number of hydrogen-bond donors (Lipinski definition) is 1. The maximum atomic E-state index is 11.2. The molecule has 17 heavy (non-hydrogen) atoms. The number of hydrogen-bond acceptors (Lipinski definition) is 4. The first kappa shape index (κ1) is 16.4. The van der Waals surface area contributed by atoms with Crippen molar-refractivity contribution in [2.75, 3.05) is 13.7 Å². The second kappa shape index (κ2) is 5.83. The van der Waals surface area contributed by atoms with Crippen LogP contribution in [-0.4, -0.2) is 31.8 Å². The summed E-state index contributed by atoms with van der Waals surface area (Å²) in [4.78, 5) is 11.2. The minimum absolute atomic E-state index is 0.00586. The first-order chi connectivity index (χ1) is 7.50. The normalized spacial score (nSPS) is 14.9. The van der Waals surface area contributed by atoms with E-state index in [1.54, 1.807) is 0 Å². The van der Waals surface area contributed by atoms with Crippen LogP contribution in [0.3, 0.4) is 0 Å².